The average Bonchev–Trinajstić information content (AvgIpc) is 3.56. The number of rotatable bonds is 7. The first-order chi connectivity index (χ1) is 18.7. The zero-order valence-corrected chi connectivity index (χ0v) is 22.7. The number of carbonyl (C=O) groups is 2. The summed E-state index contributed by atoms with van der Waals surface area (Å²) in [7, 11) is -3.86. The van der Waals surface area contributed by atoms with Crippen LogP contribution in [0.25, 0.3) is 5.69 Å². The van der Waals surface area contributed by atoms with E-state index in [9.17, 15) is 22.8 Å². The van der Waals surface area contributed by atoms with Gasteiger partial charge in [-0.3, -0.25) is 19.0 Å². The molecule has 0 unspecified atom stereocenters. The largest absolute Gasteiger partial charge is 0.346 e. The molecule has 3 heterocycles. The summed E-state index contributed by atoms with van der Waals surface area (Å²) < 4.78 is 29.8. The van der Waals surface area contributed by atoms with Gasteiger partial charge >= 0.3 is 0 Å². The Labute approximate surface area is 233 Å². The molecule has 12 heteroatoms. The lowest BCUT2D eigenvalue weighted by Crippen LogP contribution is -2.50. The molecule has 0 radical (unpaired) electrons. The lowest BCUT2D eigenvalue weighted by atomic mass is 10.1. The molecule has 1 saturated heterocycles. The summed E-state index contributed by atoms with van der Waals surface area (Å²) in [5.41, 5.74) is 0.714. The van der Waals surface area contributed by atoms with Gasteiger partial charge in [0.05, 0.1) is 26.2 Å². The van der Waals surface area contributed by atoms with Gasteiger partial charge in [0.15, 0.2) is 0 Å². The number of amides is 2. The topological polar surface area (TPSA) is 118 Å². The summed E-state index contributed by atoms with van der Waals surface area (Å²) in [4.78, 5) is 38.6. The van der Waals surface area contributed by atoms with Crippen molar-refractivity contribution in [2.45, 2.75) is 17.0 Å². The van der Waals surface area contributed by atoms with E-state index in [-0.39, 0.29) is 23.5 Å². The highest BCUT2D eigenvalue weighted by molar-refractivity contribution is 7.89. The first-order valence-electron chi connectivity index (χ1n) is 11.9. The minimum Gasteiger partial charge on any atom is -0.346 e. The van der Waals surface area contributed by atoms with E-state index in [1.807, 2.05) is 0 Å². The molecule has 0 bridgehead atoms. The Bertz CT molecular complexity index is 1670. The smallest absolute Gasteiger partial charge is 0.261 e. The number of nitrogens with one attached hydrogen (secondary N) is 2. The number of sulfonamides is 1. The molecule has 1 fully saturated rings. The fourth-order valence-corrected chi connectivity index (χ4v) is 6.80. The fourth-order valence-electron chi connectivity index (χ4n) is 4.34. The molecular weight excluding hydrogens is 560 g/mol. The van der Waals surface area contributed by atoms with Gasteiger partial charge in [-0.15, -0.1) is 11.3 Å². The van der Waals surface area contributed by atoms with Gasteiger partial charge in [-0.25, -0.2) is 8.42 Å². The van der Waals surface area contributed by atoms with Crippen LogP contribution in [0.5, 0.6) is 0 Å². The standard InChI is InChI=1S/C27H23ClN4O5S2/c28-24-14-13-23(38-24)27(35)30-22-17-31(39(36,37)20-6-2-1-3-7-20)16-21(22)29-26(34)18-9-11-19(12-10-18)32-15-5-4-8-25(32)33/h1-15,21-22H,16-17H2,(H,29,34)(H,30,35)/t21-,22-/m1/s1. The van der Waals surface area contributed by atoms with E-state index in [0.717, 1.165) is 11.3 Å². The molecule has 0 aliphatic carbocycles. The van der Waals surface area contributed by atoms with Crippen LogP contribution in [0.1, 0.15) is 20.0 Å². The van der Waals surface area contributed by atoms with Crippen LogP contribution in [-0.2, 0) is 10.0 Å². The summed E-state index contributed by atoms with van der Waals surface area (Å²) in [5.74, 6) is -0.850. The number of pyridine rings is 1. The zero-order valence-electron chi connectivity index (χ0n) is 20.4. The van der Waals surface area contributed by atoms with Gasteiger partial charge in [0.1, 0.15) is 0 Å². The van der Waals surface area contributed by atoms with Crippen molar-refractivity contribution in [3.63, 3.8) is 0 Å². The van der Waals surface area contributed by atoms with Crippen molar-refractivity contribution in [3.05, 3.63) is 116 Å². The third-order valence-corrected chi connectivity index (χ3v) is 9.40. The number of benzene rings is 2. The zero-order chi connectivity index (χ0) is 27.6. The Morgan fingerprint density at radius 1 is 0.821 bits per heavy atom. The first kappa shape index (κ1) is 26.8. The third-order valence-electron chi connectivity index (χ3n) is 6.33. The SMILES string of the molecule is O=C(N[C@@H]1CN(S(=O)(=O)c2ccccc2)C[C@H]1NC(=O)c1ccc(Cl)s1)c1ccc(-n2ccccc2=O)cc1. The van der Waals surface area contributed by atoms with Gasteiger partial charge in [0.2, 0.25) is 10.0 Å². The van der Waals surface area contributed by atoms with E-state index < -0.39 is 33.9 Å². The van der Waals surface area contributed by atoms with Gasteiger partial charge in [-0.05, 0) is 54.6 Å². The molecule has 2 aromatic heterocycles. The van der Waals surface area contributed by atoms with Crippen molar-refractivity contribution in [3.8, 4) is 5.69 Å². The molecule has 0 spiro atoms. The summed E-state index contributed by atoms with van der Waals surface area (Å²) in [5, 5.41) is 5.74. The van der Waals surface area contributed by atoms with Gasteiger partial charge in [0, 0.05) is 36.6 Å². The molecule has 0 saturated carbocycles. The molecule has 5 rings (SSSR count). The van der Waals surface area contributed by atoms with Crippen molar-refractivity contribution < 1.29 is 18.0 Å². The predicted octanol–water partition coefficient (Wildman–Crippen LogP) is 3.15. The minimum atomic E-state index is -3.86. The molecule has 1 aliphatic heterocycles. The Morgan fingerprint density at radius 3 is 2.08 bits per heavy atom. The van der Waals surface area contributed by atoms with Crippen molar-refractivity contribution in [2.24, 2.45) is 0 Å². The normalized spacial score (nSPS) is 17.6. The molecule has 2 amide bonds. The maximum atomic E-state index is 13.3. The van der Waals surface area contributed by atoms with E-state index in [4.69, 9.17) is 11.6 Å². The van der Waals surface area contributed by atoms with Crippen molar-refractivity contribution >= 4 is 44.8 Å². The minimum absolute atomic E-state index is 0.0249. The van der Waals surface area contributed by atoms with E-state index in [1.54, 1.807) is 72.9 Å². The van der Waals surface area contributed by atoms with Gasteiger partial charge in [-0.1, -0.05) is 35.9 Å². The second kappa shape index (κ2) is 11.1. The molecular formula is C27H23ClN4O5S2. The van der Waals surface area contributed by atoms with Gasteiger partial charge in [0.25, 0.3) is 17.4 Å². The van der Waals surface area contributed by atoms with Gasteiger partial charge in [-0.2, -0.15) is 4.31 Å². The number of thiophene rings is 1. The molecule has 9 nitrogen and oxygen atoms in total. The van der Waals surface area contributed by atoms with Crippen molar-refractivity contribution in [1.29, 1.82) is 0 Å². The van der Waals surface area contributed by atoms with Crippen LogP contribution >= 0.6 is 22.9 Å². The first-order valence-corrected chi connectivity index (χ1v) is 14.6. The van der Waals surface area contributed by atoms with Crippen molar-refractivity contribution in [2.75, 3.05) is 13.1 Å². The number of hydrogen-bond acceptors (Lipinski definition) is 6. The third kappa shape index (κ3) is 5.81. The highest BCUT2D eigenvalue weighted by atomic mass is 35.5. The highest BCUT2D eigenvalue weighted by Crippen LogP contribution is 2.24. The lowest BCUT2D eigenvalue weighted by molar-refractivity contribution is 0.0898. The van der Waals surface area contributed by atoms with Crippen LogP contribution in [0.15, 0.2) is 101 Å². The van der Waals surface area contributed by atoms with Crippen LogP contribution in [0.2, 0.25) is 4.34 Å². The number of halogens is 1. The van der Waals surface area contributed by atoms with Crippen LogP contribution in [0, 0.1) is 0 Å². The number of aromatic nitrogens is 1. The molecule has 200 valence electrons. The maximum Gasteiger partial charge on any atom is 0.261 e. The molecule has 39 heavy (non-hydrogen) atoms. The predicted molar refractivity (Wildman–Crippen MR) is 149 cm³/mol. The monoisotopic (exact) mass is 582 g/mol. The van der Waals surface area contributed by atoms with E-state index >= 15 is 0 Å². The maximum absolute atomic E-state index is 13.3. The number of hydrogen-bond donors (Lipinski definition) is 2. The van der Waals surface area contributed by atoms with Crippen molar-refractivity contribution in [1.82, 2.24) is 19.5 Å². The molecule has 4 aromatic rings. The summed E-state index contributed by atoms with van der Waals surface area (Å²) >= 11 is 7.08. The summed E-state index contributed by atoms with van der Waals surface area (Å²) in [6, 6.07) is 21.1. The second-order valence-corrected chi connectivity index (χ2v) is 12.5. The van der Waals surface area contributed by atoms with Crippen LogP contribution in [0.3, 0.4) is 0 Å². The van der Waals surface area contributed by atoms with Crippen LogP contribution in [0.4, 0.5) is 0 Å². The van der Waals surface area contributed by atoms with Crippen LogP contribution < -0.4 is 16.2 Å². The van der Waals surface area contributed by atoms with Gasteiger partial charge < -0.3 is 10.6 Å². The fraction of sp³-hybridized carbons (Fsp3) is 0.148. The number of carbonyl (C=O) groups excluding carboxylic acids is 2. The Kier molecular flexibility index (Phi) is 7.67. The average molecular weight is 583 g/mol. The van der Waals surface area contributed by atoms with Crippen LogP contribution in [-0.4, -0.2) is 54.3 Å². The van der Waals surface area contributed by atoms with E-state index in [1.165, 1.54) is 27.1 Å². The molecule has 2 N–H and O–H groups in total. The highest BCUT2D eigenvalue weighted by Gasteiger charge is 2.41. The second-order valence-electron chi connectivity index (χ2n) is 8.85. The van der Waals surface area contributed by atoms with E-state index in [2.05, 4.69) is 10.6 Å². The summed E-state index contributed by atoms with van der Waals surface area (Å²) in [6.45, 7) is -0.0561. The molecule has 2 aromatic carbocycles. The Balaban J connectivity index is 1.37. The number of nitrogens with zero attached hydrogens (tertiary/aromatic N) is 2. The lowest BCUT2D eigenvalue weighted by Gasteiger charge is -2.21. The summed E-state index contributed by atoms with van der Waals surface area (Å²) in [6.07, 6.45) is 1.63. The quantitative estimate of drug-likeness (QED) is 0.347. The molecule has 2 atom stereocenters. The Morgan fingerprint density at radius 2 is 1.46 bits per heavy atom. The van der Waals surface area contributed by atoms with E-state index in [0.29, 0.717) is 20.5 Å². The Hall–Kier alpha value is -3.77. The molecule has 1 aliphatic rings.